The van der Waals surface area contributed by atoms with Gasteiger partial charge < -0.3 is 10.5 Å². The minimum Gasteiger partial charge on any atom is -0.328 e. The fraction of sp³-hybridized carbons (Fsp3) is 0.833. The fourth-order valence-corrected chi connectivity index (χ4v) is 0.486. The zero-order valence-corrected chi connectivity index (χ0v) is 5.26. The van der Waals surface area contributed by atoms with Gasteiger partial charge in [0.1, 0.15) is 6.29 Å². The Kier molecular flexibility index (Phi) is 4.56. The van der Waals surface area contributed by atoms with Crippen LogP contribution in [0.4, 0.5) is 0 Å². The molecule has 0 heterocycles. The summed E-state index contributed by atoms with van der Waals surface area (Å²) in [6.45, 7) is 2.02. The summed E-state index contributed by atoms with van der Waals surface area (Å²) in [5.74, 6) is 0. The summed E-state index contributed by atoms with van der Waals surface area (Å²) in [7, 11) is 0. The van der Waals surface area contributed by atoms with Crippen LogP contribution in [0.2, 0.25) is 0 Å². The van der Waals surface area contributed by atoms with Crippen LogP contribution in [-0.4, -0.2) is 12.3 Å². The van der Waals surface area contributed by atoms with E-state index in [1.54, 1.807) is 0 Å². The molecule has 0 rings (SSSR count). The van der Waals surface area contributed by atoms with Crippen LogP contribution < -0.4 is 5.73 Å². The molecule has 0 aliphatic rings. The van der Waals surface area contributed by atoms with E-state index in [4.69, 9.17) is 5.73 Å². The molecule has 8 heavy (non-hydrogen) atoms. The van der Waals surface area contributed by atoms with Gasteiger partial charge in [-0.3, -0.25) is 0 Å². The standard InChI is InChI=1S/C6H13NO/c1-2-6(7)4-3-5-8/h5-6H,2-4,7H2,1H3. The van der Waals surface area contributed by atoms with E-state index in [9.17, 15) is 4.79 Å². The van der Waals surface area contributed by atoms with Crippen molar-refractivity contribution in [1.29, 1.82) is 0 Å². The quantitative estimate of drug-likeness (QED) is 0.548. The normalized spacial score (nSPS) is 13.2. The summed E-state index contributed by atoms with van der Waals surface area (Å²) >= 11 is 0. The molecule has 0 aromatic carbocycles. The van der Waals surface area contributed by atoms with Gasteiger partial charge in [0.2, 0.25) is 0 Å². The van der Waals surface area contributed by atoms with E-state index >= 15 is 0 Å². The zero-order valence-electron chi connectivity index (χ0n) is 5.26. The first-order valence-electron chi connectivity index (χ1n) is 3.00. The number of carbonyl (C=O) groups excluding carboxylic acids is 1. The van der Waals surface area contributed by atoms with Gasteiger partial charge >= 0.3 is 0 Å². The van der Waals surface area contributed by atoms with Gasteiger partial charge in [-0.15, -0.1) is 0 Å². The van der Waals surface area contributed by atoms with E-state index in [2.05, 4.69) is 0 Å². The van der Waals surface area contributed by atoms with Crippen molar-refractivity contribution in [3.8, 4) is 0 Å². The second-order valence-electron chi connectivity index (χ2n) is 1.91. The molecule has 0 aliphatic heterocycles. The Morgan fingerprint density at radius 2 is 2.38 bits per heavy atom. The highest BCUT2D eigenvalue weighted by Gasteiger charge is 1.95. The van der Waals surface area contributed by atoms with Crippen molar-refractivity contribution in [2.75, 3.05) is 0 Å². The van der Waals surface area contributed by atoms with Crippen LogP contribution in [-0.2, 0) is 4.79 Å². The third-order valence-electron chi connectivity index (χ3n) is 1.18. The number of hydrogen-bond acceptors (Lipinski definition) is 2. The van der Waals surface area contributed by atoms with Crippen molar-refractivity contribution in [2.24, 2.45) is 5.73 Å². The fourth-order valence-electron chi connectivity index (χ4n) is 0.486. The molecule has 0 saturated carbocycles. The first-order chi connectivity index (χ1) is 3.81. The second-order valence-corrected chi connectivity index (χ2v) is 1.91. The third kappa shape index (κ3) is 3.81. The Morgan fingerprint density at radius 1 is 1.75 bits per heavy atom. The molecule has 1 unspecified atom stereocenters. The highest BCUT2D eigenvalue weighted by Crippen LogP contribution is 1.94. The zero-order chi connectivity index (χ0) is 6.41. The minimum absolute atomic E-state index is 0.222. The van der Waals surface area contributed by atoms with Gasteiger partial charge in [-0.1, -0.05) is 6.92 Å². The predicted molar refractivity (Wildman–Crippen MR) is 33.6 cm³/mol. The summed E-state index contributed by atoms with van der Waals surface area (Å²) in [4.78, 5) is 9.77. The Morgan fingerprint density at radius 3 is 2.75 bits per heavy atom. The van der Waals surface area contributed by atoms with Crippen LogP contribution in [0.25, 0.3) is 0 Å². The average molecular weight is 115 g/mol. The summed E-state index contributed by atoms with van der Waals surface area (Å²) < 4.78 is 0. The predicted octanol–water partition coefficient (Wildman–Crippen LogP) is 0.703. The first-order valence-corrected chi connectivity index (χ1v) is 3.00. The molecule has 0 amide bonds. The van der Waals surface area contributed by atoms with Crippen LogP contribution >= 0.6 is 0 Å². The van der Waals surface area contributed by atoms with E-state index in [0.717, 1.165) is 19.1 Å². The molecule has 0 aliphatic carbocycles. The van der Waals surface area contributed by atoms with Gasteiger partial charge in [0.25, 0.3) is 0 Å². The molecular weight excluding hydrogens is 102 g/mol. The highest BCUT2D eigenvalue weighted by molar-refractivity contribution is 5.49. The lowest BCUT2D eigenvalue weighted by atomic mass is 10.1. The molecular formula is C6H13NO. The van der Waals surface area contributed by atoms with Crippen molar-refractivity contribution in [2.45, 2.75) is 32.2 Å². The summed E-state index contributed by atoms with van der Waals surface area (Å²) in [6.07, 6.45) is 3.32. The largest absolute Gasteiger partial charge is 0.328 e. The molecule has 0 saturated heterocycles. The molecule has 2 nitrogen and oxygen atoms in total. The lowest BCUT2D eigenvalue weighted by Gasteiger charge is -2.02. The Labute approximate surface area is 50.1 Å². The lowest BCUT2D eigenvalue weighted by molar-refractivity contribution is -0.108. The number of nitrogens with two attached hydrogens (primary N) is 1. The Hall–Kier alpha value is -0.370. The van der Waals surface area contributed by atoms with E-state index in [1.165, 1.54) is 0 Å². The summed E-state index contributed by atoms with van der Waals surface area (Å²) in [6, 6.07) is 0.222. The van der Waals surface area contributed by atoms with Crippen molar-refractivity contribution in [3.05, 3.63) is 0 Å². The molecule has 2 heteroatoms. The maximum atomic E-state index is 9.77. The van der Waals surface area contributed by atoms with Gasteiger partial charge in [-0.2, -0.15) is 0 Å². The van der Waals surface area contributed by atoms with Crippen LogP contribution in [0, 0.1) is 0 Å². The van der Waals surface area contributed by atoms with E-state index in [-0.39, 0.29) is 6.04 Å². The van der Waals surface area contributed by atoms with Crippen LogP contribution in [0.5, 0.6) is 0 Å². The summed E-state index contributed by atoms with van der Waals surface area (Å²) in [5.41, 5.74) is 5.50. The molecule has 0 aromatic heterocycles. The number of carbonyl (C=O) groups is 1. The third-order valence-corrected chi connectivity index (χ3v) is 1.18. The number of aldehydes is 1. The monoisotopic (exact) mass is 115 g/mol. The molecule has 1 atom stereocenters. The van der Waals surface area contributed by atoms with Crippen molar-refractivity contribution >= 4 is 6.29 Å². The molecule has 48 valence electrons. The molecule has 0 aromatic rings. The number of hydrogen-bond donors (Lipinski definition) is 1. The molecule has 0 radical (unpaired) electrons. The van der Waals surface area contributed by atoms with E-state index in [0.29, 0.717) is 6.42 Å². The SMILES string of the molecule is CCC(N)CCC=O. The maximum Gasteiger partial charge on any atom is 0.120 e. The van der Waals surface area contributed by atoms with Crippen molar-refractivity contribution < 1.29 is 4.79 Å². The van der Waals surface area contributed by atoms with Crippen LogP contribution in [0.1, 0.15) is 26.2 Å². The minimum atomic E-state index is 0.222. The first kappa shape index (κ1) is 7.63. The van der Waals surface area contributed by atoms with Gasteiger partial charge in [-0.25, -0.2) is 0 Å². The molecule has 0 spiro atoms. The lowest BCUT2D eigenvalue weighted by Crippen LogP contribution is -2.17. The highest BCUT2D eigenvalue weighted by atomic mass is 16.1. The topological polar surface area (TPSA) is 43.1 Å². The van der Waals surface area contributed by atoms with Crippen molar-refractivity contribution in [3.63, 3.8) is 0 Å². The molecule has 0 fully saturated rings. The van der Waals surface area contributed by atoms with Gasteiger partial charge in [0.15, 0.2) is 0 Å². The number of rotatable bonds is 4. The van der Waals surface area contributed by atoms with Crippen LogP contribution in [0.3, 0.4) is 0 Å². The van der Waals surface area contributed by atoms with Crippen LogP contribution in [0.15, 0.2) is 0 Å². The second kappa shape index (κ2) is 4.78. The molecule has 0 bridgehead atoms. The van der Waals surface area contributed by atoms with E-state index in [1.807, 2.05) is 6.92 Å². The Balaban J connectivity index is 2.97. The van der Waals surface area contributed by atoms with Gasteiger partial charge in [0.05, 0.1) is 0 Å². The van der Waals surface area contributed by atoms with Gasteiger partial charge in [-0.05, 0) is 12.8 Å². The summed E-state index contributed by atoms with van der Waals surface area (Å²) in [5, 5.41) is 0. The molecule has 2 N–H and O–H groups in total. The average Bonchev–Trinajstić information content (AvgIpc) is 1.83. The van der Waals surface area contributed by atoms with E-state index < -0.39 is 0 Å². The van der Waals surface area contributed by atoms with Gasteiger partial charge in [0, 0.05) is 12.5 Å². The maximum absolute atomic E-state index is 9.77. The Bertz CT molecular complexity index is 63.5. The van der Waals surface area contributed by atoms with Crippen molar-refractivity contribution in [1.82, 2.24) is 0 Å². The smallest absolute Gasteiger partial charge is 0.120 e.